The molecular weight excluding hydrogens is 196 g/mol. The molecule has 0 radical (unpaired) electrons. The summed E-state index contributed by atoms with van der Waals surface area (Å²) in [5.74, 6) is 0. The van der Waals surface area contributed by atoms with Gasteiger partial charge in [0, 0.05) is 6.61 Å². The smallest absolute Gasteiger partial charge is 0.114 e. The van der Waals surface area contributed by atoms with Crippen LogP contribution in [0.1, 0.15) is 20.8 Å². The molecule has 4 heteroatoms. The van der Waals surface area contributed by atoms with Gasteiger partial charge in [-0.15, -0.1) is 0 Å². The Labute approximate surface area is 91.8 Å². The van der Waals surface area contributed by atoms with Gasteiger partial charge in [-0.05, 0) is 20.8 Å². The summed E-state index contributed by atoms with van der Waals surface area (Å²) < 4.78 is 21.5. The van der Waals surface area contributed by atoms with Crippen molar-refractivity contribution in [1.29, 1.82) is 0 Å². The van der Waals surface area contributed by atoms with Gasteiger partial charge < -0.3 is 18.9 Å². The van der Waals surface area contributed by atoms with Gasteiger partial charge in [0.1, 0.15) is 5.60 Å². The summed E-state index contributed by atoms with van der Waals surface area (Å²) in [6, 6.07) is 0. The van der Waals surface area contributed by atoms with E-state index < -0.39 is 0 Å². The molecule has 2 unspecified atom stereocenters. The molecule has 0 aromatic heterocycles. The van der Waals surface area contributed by atoms with Gasteiger partial charge in [0.05, 0.1) is 39.1 Å². The van der Waals surface area contributed by atoms with Gasteiger partial charge in [-0.1, -0.05) is 0 Å². The molecular formula is C11H22O4. The molecule has 0 bridgehead atoms. The van der Waals surface area contributed by atoms with E-state index in [4.69, 9.17) is 18.9 Å². The molecule has 0 aliphatic carbocycles. The molecule has 2 atom stereocenters. The molecule has 90 valence electrons. The molecule has 1 rings (SSSR count). The molecule has 1 heterocycles. The van der Waals surface area contributed by atoms with E-state index >= 15 is 0 Å². The highest BCUT2D eigenvalue weighted by atomic mass is 16.6. The third kappa shape index (κ3) is 4.07. The monoisotopic (exact) mass is 218 g/mol. The van der Waals surface area contributed by atoms with Gasteiger partial charge >= 0.3 is 0 Å². The Morgan fingerprint density at radius 2 is 1.87 bits per heavy atom. The fourth-order valence-electron chi connectivity index (χ4n) is 1.34. The second-order valence-electron chi connectivity index (χ2n) is 3.92. The number of hydrogen-bond acceptors (Lipinski definition) is 4. The number of hydrogen-bond donors (Lipinski definition) is 0. The van der Waals surface area contributed by atoms with Gasteiger partial charge in [0.25, 0.3) is 0 Å². The molecule has 1 aliphatic heterocycles. The van der Waals surface area contributed by atoms with Crippen LogP contribution in [0.2, 0.25) is 0 Å². The van der Waals surface area contributed by atoms with Crippen molar-refractivity contribution in [2.45, 2.75) is 32.5 Å². The maximum Gasteiger partial charge on any atom is 0.114 e. The summed E-state index contributed by atoms with van der Waals surface area (Å²) in [7, 11) is 0. The Kier molecular flexibility index (Phi) is 5.53. The third-order valence-corrected chi connectivity index (χ3v) is 2.72. The highest BCUT2D eigenvalue weighted by Crippen LogP contribution is 2.28. The zero-order valence-electron chi connectivity index (χ0n) is 9.95. The van der Waals surface area contributed by atoms with Crippen LogP contribution in [0.25, 0.3) is 0 Å². The second-order valence-corrected chi connectivity index (χ2v) is 3.92. The molecule has 15 heavy (non-hydrogen) atoms. The summed E-state index contributed by atoms with van der Waals surface area (Å²) in [6.45, 7) is 10.0. The van der Waals surface area contributed by atoms with Crippen molar-refractivity contribution in [1.82, 2.24) is 0 Å². The minimum absolute atomic E-state index is 0.108. The van der Waals surface area contributed by atoms with Gasteiger partial charge in [-0.3, -0.25) is 0 Å². The number of ether oxygens (including phenoxy) is 4. The summed E-state index contributed by atoms with van der Waals surface area (Å²) in [5.41, 5.74) is -0.108. The van der Waals surface area contributed by atoms with E-state index in [2.05, 4.69) is 6.92 Å². The minimum Gasteiger partial charge on any atom is -0.379 e. The Morgan fingerprint density at radius 3 is 2.40 bits per heavy atom. The zero-order valence-corrected chi connectivity index (χ0v) is 9.95. The molecule has 0 spiro atoms. The normalized spacial score (nSPS) is 30.2. The summed E-state index contributed by atoms with van der Waals surface area (Å²) >= 11 is 0. The fraction of sp³-hybridized carbons (Fsp3) is 1.00. The van der Waals surface area contributed by atoms with Crippen LogP contribution in [-0.2, 0) is 18.9 Å². The average molecular weight is 218 g/mol. The van der Waals surface area contributed by atoms with Crippen molar-refractivity contribution in [3.05, 3.63) is 0 Å². The molecule has 1 fully saturated rings. The first-order valence-electron chi connectivity index (χ1n) is 5.60. The summed E-state index contributed by atoms with van der Waals surface area (Å²) in [6.07, 6.45) is 0.195. The lowest BCUT2D eigenvalue weighted by Gasteiger charge is -2.44. The lowest BCUT2D eigenvalue weighted by molar-refractivity contribution is -0.248. The number of rotatable bonds is 8. The highest BCUT2D eigenvalue weighted by Gasteiger charge is 2.42. The van der Waals surface area contributed by atoms with Gasteiger partial charge in [0.15, 0.2) is 0 Å². The van der Waals surface area contributed by atoms with Crippen molar-refractivity contribution >= 4 is 0 Å². The van der Waals surface area contributed by atoms with Crippen molar-refractivity contribution in [2.24, 2.45) is 0 Å². The van der Waals surface area contributed by atoms with Crippen LogP contribution in [0.3, 0.4) is 0 Å². The van der Waals surface area contributed by atoms with E-state index in [-0.39, 0.29) is 11.7 Å². The molecule has 0 aromatic rings. The molecule has 4 nitrogen and oxygen atoms in total. The van der Waals surface area contributed by atoms with Crippen molar-refractivity contribution in [3.63, 3.8) is 0 Å². The van der Waals surface area contributed by atoms with Crippen LogP contribution in [0.5, 0.6) is 0 Å². The van der Waals surface area contributed by atoms with E-state index in [0.717, 1.165) is 6.61 Å². The molecule has 1 saturated heterocycles. The standard InChI is InChI=1S/C11H22O4/c1-4-12-5-6-13-7-8-15-11(3)9-14-10(11)2/h10H,4-9H2,1-3H3. The van der Waals surface area contributed by atoms with Crippen LogP contribution < -0.4 is 0 Å². The lowest BCUT2D eigenvalue weighted by atomic mass is 9.96. The van der Waals surface area contributed by atoms with Crippen molar-refractivity contribution in [3.8, 4) is 0 Å². The van der Waals surface area contributed by atoms with Crippen molar-refractivity contribution < 1.29 is 18.9 Å². The van der Waals surface area contributed by atoms with Crippen LogP contribution >= 0.6 is 0 Å². The highest BCUT2D eigenvalue weighted by molar-refractivity contribution is 4.90. The van der Waals surface area contributed by atoms with Gasteiger partial charge in [-0.2, -0.15) is 0 Å². The van der Waals surface area contributed by atoms with E-state index in [1.54, 1.807) is 0 Å². The second kappa shape index (κ2) is 6.43. The minimum atomic E-state index is -0.108. The quantitative estimate of drug-likeness (QED) is 0.574. The van der Waals surface area contributed by atoms with Crippen molar-refractivity contribution in [2.75, 3.05) is 39.6 Å². The van der Waals surface area contributed by atoms with E-state index in [9.17, 15) is 0 Å². The summed E-state index contributed by atoms with van der Waals surface area (Å²) in [5, 5.41) is 0. The molecule has 0 amide bonds. The van der Waals surface area contributed by atoms with E-state index in [1.165, 1.54) is 0 Å². The third-order valence-electron chi connectivity index (χ3n) is 2.72. The average Bonchev–Trinajstić information content (AvgIpc) is 2.25. The topological polar surface area (TPSA) is 36.9 Å². The van der Waals surface area contributed by atoms with Crippen LogP contribution in [0.4, 0.5) is 0 Å². The Balaban J connectivity index is 1.89. The Bertz CT molecular complexity index is 174. The first-order chi connectivity index (χ1) is 7.19. The van der Waals surface area contributed by atoms with Crippen LogP contribution in [-0.4, -0.2) is 51.3 Å². The van der Waals surface area contributed by atoms with Gasteiger partial charge in [0.2, 0.25) is 0 Å². The van der Waals surface area contributed by atoms with Gasteiger partial charge in [-0.25, -0.2) is 0 Å². The van der Waals surface area contributed by atoms with E-state index in [1.807, 2.05) is 13.8 Å². The largest absolute Gasteiger partial charge is 0.379 e. The zero-order chi connectivity index (χ0) is 11.1. The Hall–Kier alpha value is -0.160. The summed E-state index contributed by atoms with van der Waals surface area (Å²) in [4.78, 5) is 0. The first-order valence-corrected chi connectivity index (χ1v) is 5.60. The first kappa shape index (κ1) is 12.9. The van der Waals surface area contributed by atoms with Crippen LogP contribution in [0, 0.1) is 0 Å². The van der Waals surface area contributed by atoms with Crippen LogP contribution in [0.15, 0.2) is 0 Å². The van der Waals surface area contributed by atoms with E-state index in [0.29, 0.717) is 33.0 Å². The predicted octanol–water partition coefficient (Wildman–Crippen LogP) is 1.23. The SMILES string of the molecule is CCOCCOCCOC1(C)COC1C. The lowest BCUT2D eigenvalue weighted by Crippen LogP contribution is -2.56. The molecule has 0 aromatic carbocycles. The molecule has 1 aliphatic rings. The molecule has 0 N–H and O–H groups in total. The maximum atomic E-state index is 5.69. The maximum absolute atomic E-state index is 5.69. The fourth-order valence-corrected chi connectivity index (χ4v) is 1.34. The Morgan fingerprint density at radius 1 is 1.20 bits per heavy atom. The predicted molar refractivity (Wildman–Crippen MR) is 57.1 cm³/mol. The molecule has 0 saturated carbocycles.